The van der Waals surface area contributed by atoms with Gasteiger partial charge in [-0.3, -0.25) is 0 Å². The van der Waals surface area contributed by atoms with Crippen LogP contribution in [0.2, 0.25) is 29.6 Å². The van der Waals surface area contributed by atoms with Crippen LogP contribution in [-0.4, -0.2) is 58.6 Å². The molecule has 17 heavy (non-hydrogen) atoms. The Balaban J connectivity index is 2.87. The molecule has 5 heteroatoms. The molecule has 0 aliphatic carbocycles. The van der Waals surface area contributed by atoms with Gasteiger partial charge in [0.15, 0.2) is 0 Å². The summed E-state index contributed by atoms with van der Waals surface area (Å²) in [5.74, 6) is 0. The van der Waals surface area contributed by atoms with Gasteiger partial charge in [0, 0.05) is 0 Å². The Kier molecular flexibility index (Phi) is 6.67. The van der Waals surface area contributed by atoms with Crippen molar-refractivity contribution in [2.75, 3.05) is 0 Å². The van der Waals surface area contributed by atoms with Gasteiger partial charge < -0.3 is 0 Å². The van der Waals surface area contributed by atoms with Crippen molar-refractivity contribution in [1.29, 1.82) is 0 Å². The Bertz CT molecular complexity index is 328. The van der Waals surface area contributed by atoms with E-state index in [0.717, 1.165) is 0 Å². The van der Waals surface area contributed by atoms with Gasteiger partial charge >= 0.3 is 125 Å². The number of hydrogen-bond acceptors (Lipinski definition) is 2. The van der Waals surface area contributed by atoms with E-state index in [4.69, 9.17) is 2.71 Å². The van der Waals surface area contributed by atoms with Crippen LogP contribution >= 0.6 is 0 Å². The molecule has 96 valence electrons. The molecule has 0 N–H and O–H groups in total. The first-order chi connectivity index (χ1) is 7.67. The second kappa shape index (κ2) is 6.82. The fraction of sp³-hybridized carbons (Fsp3) is 0.500. The zero-order chi connectivity index (χ0) is 13.1. The SMILES string of the molecule is [CH3][Sn]([CH3])([CH3])[O][Sb]([O][Sn]([CH3])([CH3])[CH3])[c]1ccccc1. The quantitative estimate of drug-likeness (QED) is 0.518. The molecule has 0 saturated carbocycles. The molecule has 0 spiro atoms. The fourth-order valence-corrected chi connectivity index (χ4v) is 34.5. The first kappa shape index (κ1) is 16.6. The minimum absolute atomic E-state index is 1.34. The molecule has 0 bridgehead atoms. The summed E-state index contributed by atoms with van der Waals surface area (Å²) >= 11 is -6.60. The van der Waals surface area contributed by atoms with Crippen LogP contribution in [0.4, 0.5) is 0 Å². The standard InChI is InChI=1S/C6H5.6CH3.2O.Sb.2Sn/c1-2-4-6-5-3-1;;;;;;;;;;;/h1-5H;6*1H3;;;;;. The summed E-state index contributed by atoms with van der Waals surface area (Å²) in [7, 11) is 0. The van der Waals surface area contributed by atoms with Gasteiger partial charge in [-0.05, 0) is 0 Å². The summed E-state index contributed by atoms with van der Waals surface area (Å²) in [5.41, 5.74) is 0. The van der Waals surface area contributed by atoms with Crippen LogP contribution in [0.3, 0.4) is 0 Å². The van der Waals surface area contributed by atoms with E-state index in [-0.39, 0.29) is 0 Å². The molecule has 0 aliphatic rings. The summed E-state index contributed by atoms with van der Waals surface area (Å²) < 4.78 is 14.2. The third kappa shape index (κ3) is 7.66. The van der Waals surface area contributed by atoms with Gasteiger partial charge in [-0.25, -0.2) is 0 Å². The maximum atomic E-state index is 6.42. The molecule has 0 atom stereocenters. The summed E-state index contributed by atoms with van der Waals surface area (Å²) in [6, 6.07) is 10.6. The summed E-state index contributed by atoms with van der Waals surface area (Å²) in [6.45, 7) is 0. The van der Waals surface area contributed by atoms with Gasteiger partial charge in [0.1, 0.15) is 0 Å². The van der Waals surface area contributed by atoms with Crippen molar-refractivity contribution in [3.05, 3.63) is 30.3 Å². The van der Waals surface area contributed by atoms with Crippen LogP contribution in [0.5, 0.6) is 0 Å². The molecular formula is C12H23O2SbSn2. The summed E-state index contributed by atoms with van der Waals surface area (Å²) in [4.78, 5) is 13.9. The van der Waals surface area contributed by atoms with E-state index >= 15 is 0 Å². The molecule has 0 saturated heterocycles. The average Bonchev–Trinajstić information content (AvgIpc) is 2.14. The predicted molar refractivity (Wildman–Crippen MR) is 80.7 cm³/mol. The third-order valence-electron chi connectivity index (χ3n) is 1.68. The van der Waals surface area contributed by atoms with Crippen LogP contribution < -0.4 is 3.51 Å². The molecule has 0 fully saturated rings. The number of benzene rings is 1. The second-order valence-corrected chi connectivity index (χ2v) is 41.1. The molecule has 0 heterocycles. The van der Waals surface area contributed by atoms with E-state index in [1.165, 1.54) is 3.51 Å². The van der Waals surface area contributed by atoms with Gasteiger partial charge in [0.2, 0.25) is 0 Å². The van der Waals surface area contributed by atoms with E-state index in [1.54, 1.807) is 0 Å². The Morgan fingerprint density at radius 1 is 0.765 bits per heavy atom. The van der Waals surface area contributed by atoms with Gasteiger partial charge in [0.05, 0.1) is 0 Å². The van der Waals surface area contributed by atoms with Gasteiger partial charge in [-0.15, -0.1) is 0 Å². The molecule has 1 rings (SSSR count). The van der Waals surface area contributed by atoms with Gasteiger partial charge in [-0.1, -0.05) is 0 Å². The van der Waals surface area contributed by atoms with Crippen LogP contribution in [0.1, 0.15) is 0 Å². The third-order valence-corrected chi connectivity index (χ3v) is 35.1. The van der Waals surface area contributed by atoms with Crippen molar-refractivity contribution >= 4 is 62.1 Å². The summed E-state index contributed by atoms with van der Waals surface area (Å²) in [6.07, 6.45) is 0. The number of rotatable bonds is 5. The topological polar surface area (TPSA) is 18.5 Å². The van der Waals surface area contributed by atoms with Crippen LogP contribution in [0.15, 0.2) is 30.3 Å². The Hall–Kier alpha value is 1.56. The zero-order valence-electron chi connectivity index (χ0n) is 11.7. The van der Waals surface area contributed by atoms with Crippen molar-refractivity contribution in [1.82, 2.24) is 0 Å². The summed E-state index contributed by atoms with van der Waals surface area (Å²) in [5, 5.41) is 0. The minimum atomic E-state index is -2.23. The molecule has 1 aromatic rings. The second-order valence-electron chi connectivity index (χ2n) is 6.00. The van der Waals surface area contributed by atoms with Crippen molar-refractivity contribution in [3.8, 4) is 0 Å². The Labute approximate surface area is 123 Å². The van der Waals surface area contributed by atoms with E-state index < -0.39 is 58.6 Å². The molecule has 0 unspecified atom stereocenters. The van der Waals surface area contributed by atoms with E-state index in [2.05, 4.69) is 60.0 Å². The first-order valence-corrected chi connectivity index (χ1v) is 28.7. The van der Waals surface area contributed by atoms with Crippen molar-refractivity contribution in [3.63, 3.8) is 0 Å². The van der Waals surface area contributed by atoms with Crippen LogP contribution in [-0.2, 0) is 2.71 Å². The molecule has 2 nitrogen and oxygen atoms in total. The monoisotopic (exact) mass is 560 g/mol. The Morgan fingerprint density at radius 2 is 1.18 bits per heavy atom. The molecular weight excluding hydrogens is 535 g/mol. The van der Waals surface area contributed by atoms with Crippen LogP contribution in [0.25, 0.3) is 0 Å². The van der Waals surface area contributed by atoms with Crippen LogP contribution in [0, 0.1) is 0 Å². The van der Waals surface area contributed by atoms with Crippen molar-refractivity contribution in [2.45, 2.75) is 29.6 Å². The first-order valence-electron chi connectivity index (χ1n) is 5.91. The van der Waals surface area contributed by atoms with E-state index in [1.807, 2.05) is 0 Å². The Morgan fingerprint density at radius 3 is 1.53 bits per heavy atom. The predicted octanol–water partition coefficient (Wildman–Crippen LogP) is 3.08. The normalized spacial score (nSPS) is 13.1. The molecule has 1 aromatic carbocycles. The fourth-order valence-electron chi connectivity index (χ4n) is 1.17. The van der Waals surface area contributed by atoms with Crippen molar-refractivity contribution in [2.24, 2.45) is 0 Å². The van der Waals surface area contributed by atoms with Gasteiger partial charge in [0.25, 0.3) is 0 Å². The molecule has 0 aliphatic heterocycles. The maximum absolute atomic E-state index is 6.42. The van der Waals surface area contributed by atoms with E-state index in [9.17, 15) is 0 Å². The molecule has 0 radical (unpaired) electrons. The number of hydrogen-bond donors (Lipinski definition) is 0. The average molecular weight is 558 g/mol. The van der Waals surface area contributed by atoms with E-state index in [0.29, 0.717) is 0 Å². The molecule has 0 amide bonds. The molecule has 0 aromatic heterocycles. The van der Waals surface area contributed by atoms with Gasteiger partial charge in [-0.2, -0.15) is 0 Å². The zero-order valence-corrected chi connectivity index (χ0v) is 19.9. The van der Waals surface area contributed by atoms with Crippen molar-refractivity contribution < 1.29 is 2.71 Å².